The van der Waals surface area contributed by atoms with Gasteiger partial charge in [-0.1, -0.05) is 0 Å². The van der Waals surface area contributed by atoms with Crippen LogP contribution in [0.2, 0.25) is 0 Å². The van der Waals surface area contributed by atoms with E-state index >= 15 is 0 Å². The monoisotopic (exact) mass is 382 g/mol. The Morgan fingerprint density at radius 3 is 2.71 bits per heavy atom. The Balaban J connectivity index is 1.23. The minimum Gasteiger partial charge on any atom is -0.424 e. The fraction of sp³-hybridized carbons (Fsp3) is 0.600. The van der Waals surface area contributed by atoms with Gasteiger partial charge < -0.3 is 4.42 Å². The molecule has 8 nitrogen and oxygen atoms in total. The molecule has 0 amide bonds. The summed E-state index contributed by atoms with van der Waals surface area (Å²) in [6, 6.07) is 3.87. The highest BCUT2D eigenvalue weighted by Crippen LogP contribution is 2.39. The second-order valence-electron chi connectivity index (χ2n) is 8.01. The molecule has 3 aromatic rings. The molecule has 28 heavy (non-hydrogen) atoms. The first-order valence-corrected chi connectivity index (χ1v) is 10.3. The number of imidazole rings is 1. The molecular weight excluding hydrogens is 356 g/mol. The lowest BCUT2D eigenvalue weighted by Gasteiger charge is -2.30. The maximum Gasteiger partial charge on any atom is 0.330 e. The van der Waals surface area contributed by atoms with Crippen molar-refractivity contribution in [1.82, 2.24) is 29.2 Å². The third-order valence-electron chi connectivity index (χ3n) is 6.01. The number of aryl methyl sites for hydroxylation is 1. The van der Waals surface area contributed by atoms with E-state index in [9.17, 15) is 4.79 Å². The van der Waals surface area contributed by atoms with Gasteiger partial charge in [0.1, 0.15) is 0 Å². The number of rotatable bonds is 6. The summed E-state index contributed by atoms with van der Waals surface area (Å²) >= 11 is 0. The SMILES string of the molecule is CCn1c(=O)n(CC2CCN(Cc3nnc(C4CC4)o3)CC2)c2ncccc21. The smallest absolute Gasteiger partial charge is 0.330 e. The average Bonchev–Trinajstić information content (AvgIpc) is 3.41. The molecule has 3 aromatic heterocycles. The van der Waals surface area contributed by atoms with Gasteiger partial charge in [-0.15, -0.1) is 10.2 Å². The first kappa shape index (κ1) is 17.6. The van der Waals surface area contributed by atoms with E-state index in [2.05, 4.69) is 20.1 Å². The Hall–Kier alpha value is -2.48. The van der Waals surface area contributed by atoms with Gasteiger partial charge in [-0.3, -0.25) is 14.0 Å². The minimum atomic E-state index is 0.0529. The van der Waals surface area contributed by atoms with Crippen LogP contribution in [-0.4, -0.2) is 42.3 Å². The fourth-order valence-electron chi connectivity index (χ4n) is 4.22. The molecule has 1 aliphatic carbocycles. The predicted molar refractivity (Wildman–Crippen MR) is 104 cm³/mol. The summed E-state index contributed by atoms with van der Waals surface area (Å²) in [4.78, 5) is 19.7. The third kappa shape index (κ3) is 3.26. The molecule has 148 valence electrons. The van der Waals surface area contributed by atoms with Crippen molar-refractivity contribution in [2.24, 2.45) is 5.92 Å². The van der Waals surface area contributed by atoms with Crippen molar-refractivity contribution in [2.45, 2.75) is 58.2 Å². The zero-order valence-corrected chi connectivity index (χ0v) is 16.3. The largest absolute Gasteiger partial charge is 0.424 e. The molecule has 2 aliphatic rings. The van der Waals surface area contributed by atoms with E-state index in [0.29, 0.717) is 18.4 Å². The summed E-state index contributed by atoms with van der Waals surface area (Å²) in [6.45, 7) is 6.10. The summed E-state index contributed by atoms with van der Waals surface area (Å²) in [6.07, 6.45) is 6.23. The van der Waals surface area contributed by atoms with Crippen LogP contribution in [-0.2, 0) is 19.6 Å². The highest BCUT2D eigenvalue weighted by atomic mass is 16.4. The van der Waals surface area contributed by atoms with Gasteiger partial charge in [-0.05, 0) is 63.7 Å². The van der Waals surface area contributed by atoms with Crippen LogP contribution in [0.25, 0.3) is 11.2 Å². The normalized spacial score (nSPS) is 18.9. The quantitative estimate of drug-likeness (QED) is 0.651. The van der Waals surface area contributed by atoms with Crippen LogP contribution in [0.5, 0.6) is 0 Å². The van der Waals surface area contributed by atoms with Gasteiger partial charge in [0, 0.05) is 25.2 Å². The van der Waals surface area contributed by atoms with Crippen molar-refractivity contribution >= 4 is 11.2 Å². The van der Waals surface area contributed by atoms with Crippen molar-refractivity contribution in [3.63, 3.8) is 0 Å². The van der Waals surface area contributed by atoms with Crippen LogP contribution in [0.3, 0.4) is 0 Å². The zero-order chi connectivity index (χ0) is 19.1. The molecule has 1 aliphatic heterocycles. The Labute approximate surface area is 163 Å². The molecular formula is C20H26N6O2. The van der Waals surface area contributed by atoms with E-state index in [4.69, 9.17) is 4.42 Å². The lowest BCUT2D eigenvalue weighted by Crippen LogP contribution is -2.36. The molecule has 2 fully saturated rings. The van der Waals surface area contributed by atoms with Crippen LogP contribution in [0.4, 0.5) is 0 Å². The van der Waals surface area contributed by atoms with Crippen molar-refractivity contribution in [1.29, 1.82) is 0 Å². The Bertz CT molecular complexity index is 1020. The minimum absolute atomic E-state index is 0.0529. The standard InChI is InChI=1S/C20H26N6O2/c1-2-25-16-4-3-9-21-18(16)26(20(25)27)12-14-7-10-24(11-8-14)13-17-22-23-19(28-17)15-5-6-15/h3-4,9,14-15H,2,5-8,10-13H2,1H3. The van der Waals surface area contributed by atoms with Gasteiger partial charge >= 0.3 is 5.69 Å². The highest BCUT2D eigenvalue weighted by Gasteiger charge is 2.30. The number of fused-ring (bicyclic) bond motifs is 1. The van der Waals surface area contributed by atoms with Crippen LogP contribution in [0, 0.1) is 5.92 Å². The number of aromatic nitrogens is 5. The molecule has 1 saturated carbocycles. The van der Waals surface area contributed by atoms with Gasteiger partial charge in [0.25, 0.3) is 0 Å². The van der Waals surface area contributed by atoms with Gasteiger partial charge in [-0.25, -0.2) is 9.78 Å². The number of likely N-dealkylation sites (tertiary alicyclic amines) is 1. The summed E-state index contributed by atoms with van der Waals surface area (Å²) in [5.41, 5.74) is 1.78. The van der Waals surface area contributed by atoms with Gasteiger partial charge in [0.2, 0.25) is 11.8 Å². The first-order valence-electron chi connectivity index (χ1n) is 10.3. The Kier molecular flexibility index (Phi) is 4.50. The molecule has 1 saturated heterocycles. The zero-order valence-electron chi connectivity index (χ0n) is 16.3. The van der Waals surface area contributed by atoms with Crippen LogP contribution in [0.15, 0.2) is 27.5 Å². The second kappa shape index (κ2) is 7.16. The molecule has 0 unspecified atom stereocenters. The summed E-state index contributed by atoms with van der Waals surface area (Å²) < 4.78 is 9.46. The van der Waals surface area contributed by atoms with E-state index in [1.54, 1.807) is 6.20 Å². The van der Waals surface area contributed by atoms with Gasteiger partial charge in [0.15, 0.2) is 5.65 Å². The molecule has 0 bridgehead atoms. The third-order valence-corrected chi connectivity index (χ3v) is 6.01. The van der Waals surface area contributed by atoms with E-state index < -0.39 is 0 Å². The molecule has 0 radical (unpaired) electrons. The lowest BCUT2D eigenvalue weighted by molar-refractivity contribution is 0.154. The number of pyridine rings is 1. The molecule has 0 spiro atoms. The Morgan fingerprint density at radius 2 is 1.96 bits per heavy atom. The number of hydrogen-bond donors (Lipinski definition) is 0. The molecule has 0 atom stereocenters. The van der Waals surface area contributed by atoms with Crippen LogP contribution in [0.1, 0.15) is 50.3 Å². The van der Waals surface area contributed by atoms with E-state index in [0.717, 1.165) is 62.0 Å². The second-order valence-corrected chi connectivity index (χ2v) is 8.01. The Morgan fingerprint density at radius 1 is 1.14 bits per heavy atom. The van der Waals surface area contributed by atoms with E-state index in [-0.39, 0.29) is 5.69 Å². The molecule has 0 N–H and O–H groups in total. The lowest BCUT2D eigenvalue weighted by atomic mass is 9.97. The maximum absolute atomic E-state index is 12.8. The molecule has 4 heterocycles. The van der Waals surface area contributed by atoms with Gasteiger partial charge in [0.05, 0.1) is 12.1 Å². The summed E-state index contributed by atoms with van der Waals surface area (Å²) in [5.74, 6) is 2.52. The van der Waals surface area contributed by atoms with Crippen molar-refractivity contribution < 1.29 is 4.42 Å². The van der Waals surface area contributed by atoms with Crippen LogP contribution < -0.4 is 5.69 Å². The molecule has 0 aromatic carbocycles. The summed E-state index contributed by atoms with van der Waals surface area (Å²) in [7, 11) is 0. The fourth-order valence-corrected chi connectivity index (χ4v) is 4.22. The topological polar surface area (TPSA) is 82.0 Å². The van der Waals surface area contributed by atoms with E-state index in [1.165, 1.54) is 12.8 Å². The number of piperidine rings is 1. The molecule has 5 rings (SSSR count). The first-order chi connectivity index (χ1) is 13.7. The summed E-state index contributed by atoms with van der Waals surface area (Å²) in [5, 5.41) is 8.37. The average molecular weight is 382 g/mol. The highest BCUT2D eigenvalue weighted by molar-refractivity contribution is 5.71. The number of nitrogens with zero attached hydrogens (tertiary/aromatic N) is 6. The van der Waals surface area contributed by atoms with Crippen molar-refractivity contribution in [3.8, 4) is 0 Å². The number of hydrogen-bond acceptors (Lipinski definition) is 6. The van der Waals surface area contributed by atoms with Crippen molar-refractivity contribution in [2.75, 3.05) is 13.1 Å². The van der Waals surface area contributed by atoms with Gasteiger partial charge in [-0.2, -0.15) is 0 Å². The van der Waals surface area contributed by atoms with Crippen molar-refractivity contribution in [3.05, 3.63) is 40.6 Å². The molecule has 8 heteroatoms. The predicted octanol–water partition coefficient (Wildman–Crippen LogP) is 2.39. The maximum atomic E-state index is 12.8. The van der Waals surface area contributed by atoms with E-state index in [1.807, 2.05) is 28.2 Å². The van der Waals surface area contributed by atoms with Crippen LogP contribution >= 0.6 is 0 Å².